The first kappa shape index (κ1) is 23.9. The average molecular weight is 466 g/mol. The van der Waals surface area contributed by atoms with Gasteiger partial charge in [-0.1, -0.05) is 13.8 Å². The first-order valence-electron chi connectivity index (χ1n) is 11.0. The molecule has 12 heteroatoms. The fourth-order valence-corrected chi connectivity index (χ4v) is 4.40. The highest BCUT2D eigenvalue weighted by molar-refractivity contribution is 5.16. The van der Waals surface area contributed by atoms with E-state index in [4.69, 9.17) is 23.7 Å². The quantitative estimate of drug-likeness (QED) is 0.530. The number of ether oxygens (including phenoxy) is 5. The van der Waals surface area contributed by atoms with Gasteiger partial charge in [0.2, 0.25) is 0 Å². The van der Waals surface area contributed by atoms with Crippen LogP contribution in [0.2, 0.25) is 0 Å². The lowest BCUT2D eigenvalue weighted by atomic mass is 9.96. The van der Waals surface area contributed by atoms with Gasteiger partial charge >= 0.3 is 5.69 Å². The topological polar surface area (TPSA) is 132 Å². The maximum absolute atomic E-state index is 12.8. The molecule has 0 spiro atoms. The maximum atomic E-state index is 12.8. The number of nitrogens with zero attached hydrogens (tertiary/aromatic N) is 5. The fourth-order valence-electron chi connectivity index (χ4n) is 4.40. The van der Waals surface area contributed by atoms with E-state index in [1.165, 1.54) is 21.9 Å². The van der Waals surface area contributed by atoms with Crippen LogP contribution in [-0.4, -0.2) is 79.1 Å². The van der Waals surface area contributed by atoms with Gasteiger partial charge in [-0.25, -0.2) is 14.5 Å². The summed E-state index contributed by atoms with van der Waals surface area (Å²) in [5, 5.41) is 14.6. The van der Waals surface area contributed by atoms with E-state index >= 15 is 0 Å². The van der Waals surface area contributed by atoms with E-state index in [2.05, 4.69) is 15.1 Å². The predicted octanol–water partition coefficient (Wildman–Crippen LogP) is 0.782. The molecule has 0 amide bonds. The molecule has 0 bridgehead atoms. The van der Waals surface area contributed by atoms with E-state index in [1.54, 1.807) is 33.2 Å². The van der Waals surface area contributed by atoms with Crippen LogP contribution in [-0.2, 0) is 23.7 Å². The fraction of sp³-hybridized carbons (Fsp3) is 0.714. The van der Waals surface area contributed by atoms with Crippen molar-refractivity contribution in [2.45, 2.75) is 82.8 Å². The van der Waals surface area contributed by atoms with Gasteiger partial charge < -0.3 is 28.8 Å². The third kappa shape index (κ3) is 4.46. The van der Waals surface area contributed by atoms with Crippen molar-refractivity contribution in [2.24, 2.45) is 0 Å². The summed E-state index contributed by atoms with van der Waals surface area (Å²) < 4.78 is 32.3. The lowest BCUT2D eigenvalue weighted by Gasteiger charge is -2.35. The van der Waals surface area contributed by atoms with Crippen molar-refractivity contribution in [3.05, 3.63) is 35.4 Å². The second-order valence-corrected chi connectivity index (χ2v) is 8.61. The smallest absolute Gasteiger partial charge is 0.351 e. The Bertz CT molecular complexity index is 983. The largest absolute Gasteiger partial charge is 0.373 e. The van der Waals surface area contributed by atoms with Crippen LogP contribution in [0.5, 0.6) is 0 Å². The Hall–Kier alpha value is -2.22. The summed E-state index contributed by atoms with van der Waals surface area (Å²) in [4.78, 5) is 20.8. The summed E-state index contributed by atoms with van der Waals surface area (Å²) in [6.07, 6.45) is 1.96. The number of hydrogen-bond donors (Lipinski definition) is 1. The number of fused-ring (bicyclic) bond motifs is 1. The van der Waals surface area contributed by atoms with Crippen LogP contribution in [0.1, 0.15) is 46.8 Å². The standard InChI is InChI=1S/C21H31N5O7/c1-6-21(7-2,29-5)18(27)30-10-13-15-16(33-20(3,4)32-15)17(31-13)25-9-8-14(24-19(25)28)26-12-22-11-23-26/h8-9,11-13,15-18,27H,6-7,10H2,1-5H3/t13-,15-,16-,17-,18?/m1/s1. The van der Waals surface area contributed by atoms with Crippen LogP contribution in [0.3, 0.4) is 0 Å². The summed E-state index contributed by atoms with van der Waals surface area (Å²) in [6, 6.07) is 1.64. The molecule has 33 heavy (non-hydrogen) atoms. The molecular weight excluding hydrogens is 434 g/mol. The van der Waals surface area contributed by atoms with Crippen molar-refractivity contribution in [1.29, 1.82) is 0 Å². The molecule has 182 valence electrons. The molecule has 4 rings (SSSR count). The Morgan fingerprint density at radius 2 is 2.00 bits per heavy atom. The normalized spacial score (nSPS) is 27.6. The van der Waals surface area contributed by atoms with Gasteiger partial charge in [0.05, 0.1) is 6.61 Å². The minimum Gasteiger partial charge on any atom is -0.373 e. The van der Waals surface area contributed by atoms with Gasteiger partial charge in [0.25, 0.3) is 0 Å². The van der Waals surface area contributed by atoms with E-state index in [-0.39, 0.29) is 6.61 Å². The van der Waals surface area contributed by atoms with Crippen LogP contribution in [0.25, 0.3) is 5.82 Å². The van der Waals surface area contributed by atoms with Gasteiger partial charge in [-0.2, -0.15) is 10.1 Å². The summed E-state index contributed by atoms with van der Waals surface area (Å²) >= 11 is 0. The number of rotatable bonds is 9. The number of aliphatic hydroxyl groups excluding tert-OH is 1. The van der Waals surface area contributed by atoms with E-state index in [0.717, 1.165) is 0 Å². The molecule has 0 aliphatic carbocycles. The molecule has 1 N–H and O–H groups in total. The Morgan fingerprint density at radius 1 is 1.27 bits per heavy atom. The molecule has 0 radical (unpaired) electrons. The Morgan fingerprint density at radius 3 is 2.61 bits per heavy atom. The van der Waals surface area contributed by atoms with Crippen molar-refractivity contribution in [2.75, 3.05) is 13.7 Å². The van der Waals surface area contributed by atoms with Gasteiger partial charge in [-0.3, -0.25) is 4.57 Å². The predicted molar refractivity (Wildman–Crippen MR) is 113 cm³/mol. The molecule has 0 aromatic carbocycles. The molecule has 2 aliphatic rings. The van der Waals surface area contributed by atoms with Crippen molar-refractivity contribution < 1.29 is 28.8 Å². The van der Waals surface area contributed by atoms with Gasteiger partial charge in [0.15, 0.2) is 24.1 Å². The molecular formula is C21H31N5O7. The molecule has 2 saturated heterocycles. The SMILES string of the molecule is CCC(CC)(OC)C(O)OC[C@H]1O[C@@H](n2ccc(-n3cncn3)nc2=O)[C@@H]2OC(C)(C)O[C@@H]21. The van der Waals surface area contributed by atoms with Crippen LogP contribution in [0.4, 0.5) is 0 Å². The Labute approximate surface area is 191 Å². The van der Waals surface area contributed by atoms with Crippen LogP contribution in [0, 0.1) is 0 Å². The zero-order valence-corrected chi connectivity index (χ0v) is 19.5. The number of hydrogen-bond acceptors (Lipinski definition) is 10. The monoisotopic (exact) mass is 465 g/mol. The van der Waals surface area contributed by atoms with E-state index in [9.17, 15) is 9.90 Å². The van der Waals surface area contributed by atoms with Crippen molar-refractivity contribution in [3.63, 3.8) is 0 Å². The van der Waals surface area contributed by atoms with Gasteiger partial charge in [0, 0.05) is 13.3 Å². The van der Waals surface area contributed by atoms with Crippen molar-refractivity contribution >= 4 is 0 Å². The molecule has 5 atom stereocenters. The number of methoxy groups -OCH3 is 1. The van der Waals surface area contributed by atoms with E-state index in [1.807, 2.05) is 13.8 Å². The first-order valence-corrected chi connectivity index (χ1v) is 11.0. The van der Waals surface area contributed by atoms with Crippen molar-refractivity contribution in [3.8, 4) is 5.82 Å². The Kier molecular flexibility index (Phi) is 6.67. The summed E-state index contributed by atoms with van der Waals surface area (Å²) in [5.41, 5.74) is -1.35. The minimum absolute atomic E-state index is 0.0304. The third-order valence-electron chi connectivity index (χ3n) is 6.34. The molecule has 4 heterocycles. The van der Waals surface area contributed by atoms with Gasteiger partial charge in [0.1, 0.15) is 36.6 Å². The van der Waals surface area contributed by atoms with Gasteiger partial charge in [-0.15, -0.1) is 0 Å². The first-order chi connectivity index (χ1) is 15.7. The lowest BCUT2D eigenvalue weighted by Crippen LogP contribution is -2.46. The van der Waals surface area contributed by atoms with Crippen LogP contribution < -0.4 is 5.69 Å². The summed E-state index contributed by atoms with van der Waals surface area (Å²) in [5.74, 6) is -0.528. The van der Waals surface area contributed by atoms with E-state index in [0.29, 0.717) is 18.7 Å². The summed E-state index contributed by atoms with van der Waals surface area (Å²) in [7, 11) is 1.55. The molecule has 2 aromatic heterocycles. The highest BCUT2D eigenvalue weighted by atomic mass is 16.8. The maximum Gasteiger partial charge on any atom is 0.351 e. The highest BCUT2D eigenvalue weighted by Gasteiger charge is 2.56. The zero-order chi connectivity index (χ0) is 23.8. The number of aliphatic hydroxyl groups is 1. The molecule has 2 aliphatic heterocycles. The number of aromatic nitrogens is 5. The van der Waals surface area contributed by atoms with Crippen LogP contribution >= 0.6 is 0 Å². The lowest BCUT2D eigenvalue weighted by molar-refractivity contribution is -0.247. The van der Waals surface area contributed by atoms with Crippen LogP contribution in [0.15, 0.2) is 29.7 Å². The van der Waals surface area contributed by atoms with Crippen molar-refractivity contribution in [1.82, 2.24) is 24.3 Å². The van der Waals surface area contributed by atoms with Gasteiger partial charge in [-0.05, 0) is 32.8 Å². The summed E-state index contributed by atoms with van der Waals surface area (Å²) in [6.45, 7) is 7.48. The second-order valence-electron chi connectivity index (χ2n) is 8.61. The molecule has 0 saturated carbocycles. The highest BCUT2D eigenvalue weighted by Crippen LogP contribution is 2.43. The zero-order valence-electron chi connectivity index (χ0n) is 19.5. The molecule has 1 unspecified atom stereocenters. The molecule has 2 fully saturated rings. The molecule has 2 aromatic rings. The second kappa shape index (κ2) is 9.20. The molecule has 12 nitrogen and oxygen atoms in total. The van der Waals surface area contributed by atoms with E-state index < -0.39 is 47.9 Å². The third-order valence-corrected chi connectivity index (χ3v) is 6.34. The minimum atomic E-state index is -1.15. The average Bonchev–Trinajstić information content (AvgIpc) is 3.50. The Balaban J connectivity index is 1.54.